The van der Waals surface area contributed by atoms with Gasteiger partial charge in [0.2, 0.25) is 0 Å². The van der Waals surface area contributed by atoms with Crippen molar-refractivity contribution in [2.45, 2.75) is 19.5 Å². The number of guanidine groups is 1. The molecule has 8 heteroatoms. The number of hydrogen-bond donors (Lipinski definition) is 2. The van der Waals surface area contributed by atoms with Crippen molar-refractivity contribution in [2.75, 3.05) is 27.7 Å². The van der Waals surface area contributed by atoms with Crippen LogP contribution in [0.4, 0.5) is 13.2 Å². The van der Waals surface area contributed by atoms with E-state index in [1.807, 2.05) is 25.1 Å². The lowest BCUT2D eigenvalue weighted by Gasteiger charge is -2.14. The van der Waals surface area contributed by atoms with Crippen molar-refractivity contribution in [3.63, 3.8) is 0 Å². The number of nitrogens with zero attached hydrogens (tertiary/aromatic N) is 2. The van der Waals surface area contributed by atoms with Gasteiger partial charge in [-0.3, -0.25) is 4.99 Å². The Bertz CT molecular complexity index is 797. The molecule has 0 bridgehead atoms. The minimum absolute atomic E-state index is 0. The Morgan fingerprint density at radius 3 is 2.32 bits per heavy atom. The van der Waals surface area contributed by atoms with Crippen LogP contribution in [-0.4, -0.2) is 38.5 Å². The van der Waals surface area contributed by atoms with E-state index in [0.717, 1.165) is 17.7 Å². The molecule has 28 heavy (non-hydrogen) atoms. The van der Waals surface area contributed by atoms with Crippen LogP contribution in [0.1, 0.15) is 16.7 Å². The third kappa shape index (κ3) is 7.67. The summed E-state index contributed by atoms with van der Waals surface area (Å²) >= 11 is 0. The number of halogens is 4. The van der Waals surface area contributed by atoms with Crippen molar-refractivity contribution >= 4 is 29.9 Å². The molecule has 4 nitrogen and oxygen atoms in total. The highest BCUT2D eigenvalue weighted by Gasteiger charge is 2.07. The molecule has 0 aliphatic heterocycles. The van der Waals surface area contributed by atoms with Crippen LogP contribution in [0, 0.1) is 17.5 Å². The zero-order valence-corrected chi connectivity index (χ0v) is 18.6. The van der Waals surface area contributed by atoms with Gasteiger partial charge in [-0.1, -0.05) is 6.07 Å². The van der Waals surface area contributed by atoms with Gasteiger partial charge in [-0.2, -0.15) is 0 Å². The number of rotatable bonds is 7. The van der Waals surface area contributed by atoms with Crippen LogP contribution in [-0.2, 0) is 19.5 Å². The molecule has 2 aromatic rings. The van der Waals surface area contributed by atoms with Crippen molar-refractivity contribution in [3.05, 3.63) is 70.5 Å². The molecule has 0 fully saturated rings. The van der Waals surface area contributed by atoms with Crippen molar-refractivity contribution in [1.82, 2.24) is 15.5 Å². The van der Waals surface area contributed by atoms with Gasteiger partial charge in [0.1, 0.15) is 17.5 Å². The highest BCUT2D eigenvalue weighted by atomic mass is 127. The van der Waals surface area contributed by atoms with E-state index in [-0.39, 0.29) is 29.8 Å². The first-order valence-electron chi connectivity index (χ1n) is 8.69. The fourth-order valence-corrected chi connectivity index (χ4v) is 2.66. The van der Waals surface area contributed by atoms with Crippen LogP contribution in [0.5, 0.6) is 0 Å². The van der Waals surface area contributed by atoms with Crippen LogP contribution in [0.2, 0.25) is 0 Å². The monoisotopic (exact) mass is 506 g/mol. The lowest BCUT2D eigenvalue weighted by molar-refractivity contribution is 0.392. The van der Waals surface area contributed by atoms with Crippen LogP contribution in [0.3, 0.4) is 0 Å². The minimum atomic E-state index is -0.459. The van der Waals surface area contributed by atoms with Crippen molar-refractivity contribution in [1.29, 1.82) is 0 Å². The maximum absolute atomic E-state index is 13.8. The zero-order valence-electron chi connectivity index (χ0n) is 16.2. The Labute approximate surface area is 181 Å². The summed E-state index contributed by atoms with van der Waals surface area (Å²) in [5.41, 5.74) is 1.86. The van der Waals surface area contributed by atoms with E-state index in [4.69, 9.17) is 0 Å². The molecular weight excluding hydrogens is 480 g/mol. The molecule has 0 aromatic heterocycles. The van der Waals surface area contributed by atoms with E-state index in [0.29, 0.717) is 43.1 Å². The van der Waals surface area contributed by atoms with E-state index in [2.05, 4.69) is 15.6 Å². The van der Waals surface area contributed by atoms with Crippen molar-refractivity contribution in [2.24, 2.45) is 4.99 Å². The Balaban J connectivity index is 0.00000392. The minimum Gasteiger partial charge on any atom is -0.356 e. The van der Waals surface area contributed by atoms with Gasteiger partial charge in [0.05, 0.1) is 0 Å². The van der Waals surface area contributed by atoms with E-state index < -0.39 is 11.6 Å². The summed E-state index contributed by atoms with van der Waals surface area (Å²) in [5, 5.41) is 6.19. The Morgan fingerprint density at radius 1 is 0.964 bits per heavy atom. The molecule has 2 N–H and O–H groups in total. The first kappa shape index (κ1) is 24.2. The molecule has 0 heterocycles. The second-order valence-electron chi connectivity index (χ2n) is 6.50. The van der Waals surface area contributed by atoms with Crippen LogP contribution in [0.15, 0.2) is 41.4 Å². The lowest BCUT2D eigenvalue weighted by atomic mass is 10.1. The van der Waals surface area contributed by atoms with Gasteiger partial charge in [-0.15, -0.1) is 24.0 Å². The molecule has 154 valence electrons. The topological polar surface area (TPSA) is 39.7 Å². The maximum atomic E-state index is 13.8. The lowest BCUT2D eigenvalue weighted by Crippen LogP contribution is -2.38. The molecule has 0 aliphatic carbocycles. The molecule has 0 aliphatic rings. The fourth-order valence-electron chi connectivity index (χ4n) is 2.66. The summed E-state index contributed by atoms with van der Waals surface area (Å²) in [6.45, 7) is 1.38. The van der Waals surface area contributed by atoms with E-state index in [1.54, 1.807) is 13.1 Å². The van der Waals surface area contributed by atoms with Gasteiger partial charge in [0, 0.05) is 32.2 Å². The highest BCUT2D eigenvalue weighted by molar-refractivity contribution is 14.0. The molecule has 0 saturated heterocycles. The molecule has 2 rings (SSSR count). The second-order valence-corrected chi connectivity index (χ2v) is 6.50. The second kappa shape index (κ2) is 11.9. The van der Waals surface area contributed by atoms with Gasteiger partial charge in [-0.25, -0.2) is 13.2 Å². The zero-order chi connectivity index (χ0) is 19.8. The average molecular weight is 506 g/mol. The molecule has 0 saturated carbocycles. The smallest absolute Gasteiger partial charge is 0.191 e. The number of nitrogens with one attached hydrogen (secondary N) is 2. The average Bonchev–Trinajstić information content (AvgIpc) is 2.62. The number of hydrogen-bond acceptors (Lipinski definition) is 2. The predicted octanol–water partition coefficient (Wildman–Crippen LogP) is 3.69. The summed E-state index contributed by atoms with van der Waals surface area (Å²) in [5.74, 6) is -0.586. The largest absolute Gasteiger partial charge is 0.356 e. The normalized spacial score (nSPS) is 11.3. The van der Waals surface area contributed by atoms with E-state index >= 15 is 0 Å². The molecule has 0 atom stereocenters. The Morgan fingerprint density at radius 2 is 1.64 bits per heavy atom. The van der Waals surface area contributed by atoms with Gasteiger partial charge in [0.25, 0.3) is 0 Å². The highest BCUT2D eigenvalue weighted by Crippen LogP contribution is 2.12. The number of aliphatic imine (C=N–C) groups is 1. The third-order valence-electron chi connectivity index (χ3n) is 3.97. The standard InChI is InChI=1S/C20H25F3N4.HI/c1-24-20(25-9-8-15-11-17(21)5-7-18(15)22)26-12-14-4-6-19(23)16(10-14)13-27(2)3;/h4-7,10-11H,8-9,12-13H2,1-3H3,(H2,24,25,26);1H. The summed E-state index contributed by atoms with van der Waals surface area (Å²) < 4.78 is 40.7. The summed E-state index contributed by atoms with van der Waals surface area (Å²) in [4.78, 5) is 6.01. The summed E-state index contributed by atoms with van der Waals surface area (Å²) in [6, 6.07) is 8.41. The molecule has 0 spiro atoms. The van der Waals surface area contributed by atoms with E-state index in [1.165, 1.54) is 12.1 Å². The Hall–Kier alpha value is -1.81. The first-order chi connectivity index (χ1) is 12.9. The van der Waals surface area contributed by atoms with Gasteiger partial charge >= 0.3 is 0 Å². The quantitative estimate of drug-likeness (QED) is 0.342. The summed E-state index contributed by atoms with van der Waals surface area (Å²) in [7, 11) is 5.40. The predicted molar refractivity (Wildman–Crippen MR) is 117 cm³/mol. The SMILES string of the molecule is CN=C(NCCc1cc(F)ccc1F)NCc1ccc(F)c(CN(C)C)c1.I. The molecular formula is C20H26F3IN4. The molecule has 0 amide bonds. The van der Waals surface area contributed by atoms with Crippen LogP contribution in [0.25, 0.3) is 0 Å². The van der Waals surface area contributed by atoms with Crippen LogP contribution >= 0.6 is 24.0 Å². The van der Waals surface area contributed by atoms with Gasteiger partial charge < -0.3 is 15.5 Å². The van der Waals surface area contributed by atoms with Crippen LogP contribution < -0.4 is 10.6 Å². The van der Waals surface area contributed by atoms with Crippen molar-refractivity contribution < 1.29 is 13.2 Å². The van der Waals surface area contributed by atoms with Gasteiger partial charge in [-0.05, 0) is 62.0 Å². The molecule has 0 radical (unpaired) electrons. The number of benzene rings is 2. The first-order valence-corrected chi connectivity index (χ1v) is 8.69. The summed E-state index contributed by atoms with van der Waals surface area (Å²) in [6.07, 6.45) is 0.327. The Kier molecular flexibility index (Phi) is 10.3. The third-order valence-corrected chi connectivity index (χ3v) is 3.97. The van der Waals surface area contributed by atoms with E-state index in [9.17, 15) is 13.2 Å². The van der Waals surface area contributed by atoms with Gasteiger partial charge in [0.15, 0.2) is 5.96 Å². The molecule has 0 unspecified atom stereocenters. The maximum Gasteiger partial charge on any atom is 0.191 e. The van der Waals surface area contributed by atoms with Crippen molar-refractivity contribution in [3.8, 4) is 0 Å². The molecule has 2 aromatic carbocycles. The fraction of sp³-hybridized carbons (Fsp3) is 0.350.